The van der Waals surface area contributed by atoms with Crippen LogP contribution in [0.5, 0.6) is 0 Å². The van der Waals surface area contributed by atoms with Gasteiger partial charge in [-0.05, 0) is 19.8 Å². The smallest absolute Gasteiger partial charge is 0.550 e. The Bertz CT molecular complexity index is 114. The molecule has 0 aliphatic rings. The molecule has 0 aliphatic heterocycles. The number of carbonyl (C=O) groups excluding carboxylic acids is 2. The number of carboxylic acid groups (broad SMARTS) is 2. The summed E-state index contributed by atoms with van der Waals surface area (Å²) in [5.41, 5.74) is 0. The van der Waals surface area contributed by atoms with Gasteiger partial charge in [0.2, 0.25) is 0 Å². The first-order valence-corrected chi connectivity index (χ1v) is 3.05. The van der Waals surface area contributed by atoms with Crippen LogP contribution in [0.15, 0.2) is 0 Å². The Balaban J connectivity index is -0.0000000720. The van der Waals surface area contributed by atoms with Crippen LogP contribution in [-0.2, 0) is 9.59 Å². The maximum Gasteiger partial charge on any atom is 1.00 e. The van der Waals surface area contributed by atoms with E-state index in [4.69, 9.17) is 5.11 Å². The fourth-order valence-corrected chi connectivity index (χ4v) is 0.204. The molecule has 0 fully saturated rings. The number of aliphatic hydroxyl groups excluding tert-OH is 1. The predicted octanol–water partition coefficient (Wildman–Crippen LogP) is -8.73. The van der Waals surface area contributed by atoms with Crippen molar-refractivity contribution in [3.8, 4) is 0 Å². The van der Waals surface area contributed by atoms with Gasteiger partial charge in [-0.3, -0.25) is 0 Å². The molecular formula is C6H10Na2O5. The number of carboxylic acids is 2. The molecule has 0 amide bonds. The van der Waals surface area contributed by atoms with Crippen LogP contribution in [0.4, 0.5) is 0 Å². The molecule has 5 nitrogen and oxygen atoms in total. The second-order valence-electron chi connectivity index (χ2n) is 1.56. The first-order valence-electron chi connectivity index (χ1n) is 3.05. The van der Waals surface area contributed by atoms with Crippen molar-refractivity contribution in [3.63, 3.8) is 0 Å². The van der Waals surface area contributed by atoms with E-state index in [1.54, 1.807) is 6.92 Å². The molecule has 7 heteroatoms. The summed E-state index contributed by atoms with van der Waals surface area (Å²) in [4.78, 5) is 19.0. The molecule has 0 heterocycles. The quantitative estimate of drug-likeness (QED) is 0.464. The number of rotatable bonds is 3. The Kier molecular flexibility index (Phi) is 33.8. The molecule has 66 valence electrons. The number of hydrogen-bond donors (Lipinski definition) is 1. The Morgan fingerprint density at radius 3 is 1.31 bits per heavy atom. The fraction of sp³-hybridized carbons (Fsp3) is 0.667. The molecule has 0 aromatic rings. The molecule has 0 saturated carbocycles. The predicted molar refractivity (Wildman–Crippen MR) is 32.0 cm³/mol. The van der Waals surface area contributed by atoms with Gasteiger partial charge < -0.3 is 24.9 Å². The van der Waals surface area contributed by atoms with Crippen molar-refractivity contribution in [1.82, 2.24) is 0 Å². The molecule has 1 N–H and O–H groups in total. The van der Waals surface area contributed by atoms with Gasteiger partial charge in [0.15, 0.2) is 0 Å². The molecule has 0 spiro atoms. The van der Waals surface area contributed by atoms with Crippen LogP contribution in [0, 0.1) is 0 Å². The zero-order valence-electron chi connectivity index (χ0n) is 8.20. The molecule has 0 atom stereocenters. The van der Waals surface area contributed by atoms with Crippen LogP contribution in [0.1, 0.15) is 19.8 Å². The van der Waals surface area contributed by atoms with Crippen LogP contribution in [0.25, 0.3) is 0 Å². The summed E-state index contributed by atoms with van der Waals surface area (Å²) >= 11 is 0. The summed E-state index contributed by atoms with van der Waals surface area (Å²) in [6.45, 7) is 1.93. The monoisotopic (exact) mass is 208 g/mol. The third-order valence-electron chi connectivity index (χ3n) is 0.533. The van der Waals surface area contributed by atoms with E-state index < -0.39 is 24.8 Å². The Hall–Kier alpha value is 0.900. The number of carbonyl (C=O) groups is 2. The molecule has 0 bridgehead atoms. The van der Waals surface area contributed by atoms with Gasteiger partial charge in [-0.25, -0.2) is 0 Å². The van der Waals surface area contributed by atoms with Gasteiger partial charge in [0.25, 0.3) is 0 Å². The van der Waals surface area contributed by atoms with Gasteiger partial charge in [-0.1, -0.05) is 0 Å². The number of hydrogen-bond acceptors (Lipinski definition) is 5. The molecule has 13 heavy (non-hydrogen) atoms. The zero-order valence-corrected chi connectivity index (χ0v) is 12.2. The van der Waals surface area contributed by atoms with E-state index in [9.17, 15) is 19.8 Å². The van der Waals surface area contributed by atoms with Crippen molar-refractivity contribution >= 4 is 11.9 Å². The van der Waals surface area contributed by atoms with E-state index in [1.165, 1.54) is 0 Å². The van der Waals surface area contributed by atoms with Crippen molar-refractivity contribution in [2.45, 2.75) is 19.8 Å². The first-order chi connectivity index (χ1) is 5.04. The second kappa shape index (κ2) is 18.6. The van der Waals surface area contributed by atoms with Crippen molar-refractivity contribution in [1.29, 1.82) is 0 Å². The van der Waals surface area contributed by atoms with E-state index in [0.29, 0.717) is 0 Å². The van der Waals surface area contributed by atoms with Crippen molar-refractivity contribution in [2.75, 3.05) is 6.61 Å². The van der Waals surface area contributed by atoms with Crippen molar-refractivity contribution in [2.24, 2.45) is 0 Å². The Morgan fingerprint density at radius 2 is 1.23 bits per heavy atom. The summed E-state index contributed by atoms with van der Waals surface area (Å²) < 4.78 is 0. The molecule has 0 aromatic carbocycles. The number of aliphatic carboxylic acids is 2. The third-order valence-corrected chi connectivity index (χ3v) is 0.533. The van der Waals surface area contributed by atoms with Crippen LogP contribution in [0.2, 0.25) is 0 Å². The van der Waals surface area contributed by atoms with E-state index in [-0.39, 0.29) is 65.7 Å². The SMILES string of the molecule is CCO.O=C([O-])CCC(=O)[O-].[Na+].[Na+]. The molecular weight excluding hydrogens is 198 g/mol. The van der Waals surface area contributed by atoms with E-state index >= 15 is 0 Å². The third kappa shape index (κ3) is 44.0. The van der Waals surface area contributed by atoms with Gasteiger partial charge in [-0.15, -0.1) is 0 Å². The van der Waals surface area contributed by atoms with Crippen LogP contribution in [-0.4, -0.2) is 23.7 Å². The maximum absolute atomic E-state index is 9.50. The largest absolute Gasteiger partial charge is 1.00 e. The fourth-order valence-electron chi connectivity index (χ4n) is 0.204. The molecule has 0 aliphatic carbocycles. The topological polar surface area (TPSA) is 100 Å². The van der Waals surface area contributed by atoms with E-state index in [1.807, 2.05) is 0 Å². The average molecular weight is 208 g/mol. The minimum absolute atomic E-state index is 0. The van der Waals surface area contributed by atoms with Crippen LogP contribution >= 0.6 is 0 Å². The number of aliphatic hydroxyl groups is 1. The van der Waals surface area contributed by atoms with Crippen LogP contribution < -0.4 is 69.3 Å². The minimum atomic E-state index is -1.37. The summed E-state index contributed by atoms with van der Waals surface area (Å²) in [5.74, 6) is -2.73. The maximum atomic E-state index is 9.50. The summed E-state index contributed by atoms with van der Waals surface area (Å²) in [7, 11) is 0. The van der Waals surface area contributed by atoms with Crippen molar-refractivity contribution < 1.29 is 84.0 Å². The summed E-state index contributed by atoms with van der Waals surface area (Å²) in [5, 5.41) is 26.6. The molecule has 0 saturated heterocycles. The van der Waals surface area contributed by atoms with E-state index in [0.717, 1.165) is 0 Å². The average Bonchev–Trinajstić information content (AvgIpc) is 1.85. The Labute approximate surface area is 121 Å². The van der Waals surface area contributed by atoms with Gasteiger partial charge in [0, 0.05) is 18.5 Å². The molecule has 0 unspecified atom stereocenters. The van der Waals surface area contributed by atoms with Crippen molar-refractivity contribution in [3.05, 3.63) is 0 Å². The van der Waals surface area contributed by atoms with Gasteiger partial charge in [0.1, 0.15) is 0 Å². The Morgan fingerprint density at radius 1 is 1.08 bits per heavy atom. The first kappa shape index (κ1) is 23.6. The van der Waals surface area contributed by atoms with Crippen LogP contribution in [0.3, 0.4) is 0 Å². The van der Waals surface area contributed by atoms with Gasteiger partial charge >= 0.3 is 59.1 Å². The molecule has 0 radical (unpaired) electrons. The normalized spacial score (nSPS) is 6.62. The molecule has 0 aromatic heterocycles. The standard InChI is InChI=1S/C4H6O4.C2H6O.2Na/c5-3(6)1-2-4(7)8;1-2-3;;/h1-2H2,(H,5,6)(H,7,8);3H,2H2,1H3;;/q;;2*+1/p-2. The summed E-state index contributed by atoms with van der Waals surface area (Å²) in [6.07, 6.45) is -0.940. The molecule has 0 rings (SSSR count). The van der Waals surface area contributed by atoms with Gasteiger partial charge in [0.05, 0.1) is 0 Å². The zero-order chi connectivity index (χ0) is 9.28. The van der Waals surface area contributed by atoms with Gasteiger partial charge in [-0.2, -0.15) is 0 Å². The summed E-state index contributed by atoms with van der Waals surface area (Å²) in [6, 6.07) is 0. The van der Waals surface area contributed by atoms with E-state index in [2.05, 4.69) is 0 Å². The minimum Gasteiger partial charge on any atom is -0.550 e. The second-order valence-corrected chi connectivity index (χ2v) is 1.56.